The minimum atomic E-state index is 1.27. The minimum absolute atomic E-state index is 1.27. The first-order chi connectivity index (χ1) is 12.3. The summed E-state index contributed by atoms with van der Waals surface area (Å²) >= 11 is 0. The van der Waals surface area contributed by atoms with Crippen molar-refractivity contribution in [2.75, 3.05) is 0 Å². The van der Waals surface area contributed by atoms with Crippen LogP contribution in [-0.2, 0) is 7.05 Å². The Morgan fingerprint density at radius 2 is 1.32 bits per heavy atom. The van der Waals surface area contributed by atoms with E-state index in [1.165, 1.54) is 49.0 Å². The summed E-state index contributed by atoms with van der Waals surface area (Å²) in [6, 6.07) is 26.5. The predicted molar refractivity (Wildman–Crippen MR) is 106 cm³/mol. The number of aryl methyl sites for hydroxylation is 1. The van der Waals surface area contributed by atoms with Gasteiger partial charge in [0.25, 0.3) is 0 Å². The molecule has 0 spiro atoms. The van der Waals surface area contributed by atoms with Gasteiger partial charge >= 0.3 is 0 Å². The van der Waals surface area contributed by atoms with Crippen molar-refractivity contribution in [3.8, 4) is 0 Å². The van der Waals surface area contributed by atoms with E-state index in [1.807, 2.05) is 0 Å². The van der Waals surface area contributed by atoms with Crippen LogP contribution in [0.3, 0.4) is 0 Å². The monoisotopic (exact) mass is 320 g/mol. The Kier molecular flexibility index (Phi) is 2.31. The molecule has 0 aliphatic heterocycles. The molecular weight excluding hydrogens is 304 g/mol. The quantitative estimate of drug-likeness (QED) is 0.309. The largest absolute Gasteiger partial charge is 0.351 e. The van der Waals surface area contributed by atoms with Gasteiger partial charge in [0.05, 0.1) is 16.6 Å². The van der Waals surface area contributed by atoms with Gasteiger partial charge in [-0.2, -0.15) is 0 Å². The smallest absolute Gasteiger partial charge is 0.0547 e. The van der Waals surface area contributed by atoms with Crippen molar-refractivity contribution in [1.29, 1.82) is 0 Å². The summed E-state index contributed by atoms with van der Waals surface area (Å²) in [5.74, 6) is 0. The molecule has 0 unspecified atom stereocenters. The van der Waals surface area contributed by atoms with Crippen molar-refractivity contribution in [3.63, 3.8) is 0 Å². The number of pyridine rings is 1. The van der Waals surface area contributed by atoms with Gasteiger partial charge in [0, 0.05) is 45.7 Å². The highest BCUT2D eigenvalue weighted by atomic mass is 14.9. The molecule has 6 aromatic rings. The van der Waals surface area contributed by atoms with E-state index in [2.05, 4.69) is 95.0 Å². The summed E-state index contributed by atoms with van der Waals surface area (Å²) in [7, 11) is 2.11. The van der Waals surface area contributed by atoms with Crippen LogP contribution in [0.15, 0.2) is 79.0 Å². The first-order valence-electron chi connectivity index (χ1n) is 8.61. The molecule has 3 heterocycles. The van der Waals surface area contributed by atoms with Gasteiger partial charge in [-0.25, -0.2) is 0 Å². The molecule has 2 heteroatoms. The van der Waals surface area contributed by atoms with Crippen molar-refractivity contribution in [2.45, 2.75) is 0 Å². The third kappa shape index (κ3) is 1.54. The second kappa shape index (κ2) is 4.42. The van der Waals surface area contributed by atoms with Gasteiger partial charge in [0.1, 0.15) is 0 Å². The Balaban J connectivity index is 2.05. The minimum Gasteiger partial charge on any atom is -0.351 e. The molecule has 0 radical (unpaired) electrons. The Morgan fingerprint density at radius 1 is 0.600 bits per heavy atom. The first-order valence-corrected chi connectivity index (χ1v) is 8.61. The number of hydrogen-bond acceptors (Lipinski definition) is 0. The lowest BCUT2D eigenvalue weighted by atomic mass is 10.0. The predicted octanol–water partition coefficient (Wildman–Crippen LogP) is 5.89. The molecule has 0 saturated heterocycles. The molecular formula is C23H16N2. The molecule has 3 aromatic heterocycles. The highest BCUT2D eigenvalue weighted by Crippen LogP contribution is 2.37. The molecule has 0 saturated carbocycles. The molecule has 3 aromatic carbocycles. The van der Waals surface area contributed by atoms with Crippen LogP contribution in [0.25, 0.3) is 49.0 Å². The van der Waals surface area contributed by atoms with E-state index < -0.39 is 0 Å². The fourth-order valence-electron chi connectivity index (χ4n) is 4.35. The summed E-state index contributed by atoms with van der Waals surface area (Å²) in [5.41, 5.74) is 5.09. The van der Waals surface area contributed by atoms with E-state index >= 15 is 0 Å². The van der Waals surface area contributed by atoms with Crippen LogP contribution in [0.1, 0.15) is 0 Å². The summed E-state index contributed by atoms with van der Waals surface area (Å²) in [5, 5.41) is 6.58. The second-order valence-corrected chi connectivity index (χ2v) is 6.79. The number of nitrogens with zero attached hydrogens (tertiary/aromatic N) is 2. The highest BCUT2D eigenvalue weighted by Gasteiger charge is 2.14. The van der Waals surface area contributed by atoms with Crippen molar-refractivity contribution in [1.82, 2.24) is 8.97 Å². The van der Waals surface area contributed by atoms with Crippen molar-refractivity contribution >= 4 is 49.0 Å². The fourth-order valence-corrected chi connectivity index (χ4v) is 4.35. The summed E-state index contributed by atoms with van der Waals surface area (Å²) < 4.78 is 4.60. The number of aromatic nitrogens is 2. The number of rotatable bonds is 0. The van der Waals surface area contributed by atoms with Crippen LogP contribution in [0.4, 0.5) is 0 Å². The average Bonchev–Trinajstić information content (AvgIpc) is 3.23. The first kappa shape index (κ1) is 13.1. The van der Waals surface area contributed by atoms with Crippen molar-refractivity contribution < 1.29 is 0 Å². The summed E-state index contributed by atoms with van der Waals surface area (Å²) in [4.78, 5) is 0. The Hall–Kier alpha value is -3.26. The standard InChI is InChI=1S/C23H16N2/c1-24-13-12-18-20(24)11-10-17-22-14-15-6-2-4-8-19(15)25(22)21-9-5-3-7-16(21)23(17)18/h2-14H,1H3. The van der Waals surface area contributed by atoms with E-state index in [0.29, 0.717) is 0 Å². The maximum atomic E-state index is 2.40. The molecule has 25 heavy (non-hydrogen) atoms. The average molecular weight is 320 g/mol. The van der Waals surface area contributed by atoms with E-state index in [0.717, 1.165) is 0 Å². The molecule has 0 aliphatic carbocycles. The molecule has 0 amide bonds. The van der Waals surface area contributed by atoms with Crippen LogP contribution in [-0.4, -0.2) is 8.97 Å². The van der Waals surface area contributed by atoms with E-state index in [1.54, 1.807) is 0 Å². The Morgan fingerprint density at radius 3 is 2.24 bits per heavy atom. The molecule has 0 bridgehead atoms. The zero-order chi connectivity index (χ0) is 16.5. The molecule has 0 fully saturated rings. The molecule has 6 rings (SSSR count). The highest BCUT2D eigenvalue weighted by molar-refractivity contribution is 6.24. The normalized spacial score (nSPS) is 12.2. The summed E-state index contributed by atoms with van der Waals surface area (Å²) in [6.45, 7) is 0. The van der Waals surface area contributed by atoms with Gasteiger partial charge in [-0.1, -0.05) is 42.5 Å². The van der Waals surface area contributed by atoms with Crippen molar-refractivity contribution in [3.05, 3.63) is 79.0 Å². The molecule has 118 valence electrons. The SMILES string of the molecule is Cn1ccc2c3c4ccccc4n4c5ccccc5cc4c3ccc21. The van der Waals surface area contributed by atoms with Crippen LogP contribution in [0.2, 0.25) is 0 Å². The number of hydrogen-bond donors (Lipinski definition) is 0. The molecule has 0 aliphatic rings. The van der Waals surface area contributed by atoms with Crippen LogP contribution < -0.4 is 0 Å². The summed E-state index contributed by atoms with van der Waals surface area (Å²) in [6.07, 6.45) is 2.15. The van der Waals surface area contributed by atoms with E-state index in [-0.39, 0.29) is 0 Å². The topological polar surface area (TPSA) is 9.34 Å². The lowest BCUT2D eigenvalue weighted by Crippen LogP contribution is -1.91. The van der Waals surface area contributed by atoms with Gasteiger partial charge in [-0.15, -0.1) is 0 Å². The number of fused-ring (bicyclic) bond motifs is 10. The molecule has 0 N–H and O–H groups in total. The van der Waals surface area contributed by atoms with Gasteiger partial charge in [0.15, 0.2) is 0 Å². The van der Waals surface area contributed by atoms with Gasteiger partial charge in [-0.3, -0.25) is 0 Å². The van der Waals surface area contributed by atoms with Gasteiger partial charge in [0.2, 0.25) is 0 Å². The maximum Gasteiger partial charge on any atom is 0.0547 e. The maximum absolute atomic E-state index is 2.40. The molecule has 2 nitrogen and oxygen atoms in total. The zero-order valence-electron chi connectivity index (χ0n) is 13.9. The third-order valence-corrected chi connectivity index (χ3v) is 5.47. The van der Waals surface area contributed by atoms with E-state index in [9.17, 15) is 0 Å². The Labute approximate surface area is 144 Å². The molecule has 0 atom stereocenters. The number of benzene rings is 3. The second-order valence-electron chi connectivity index (χ2n) is 6.79. The Bertz CT molecular complexity index is 1450. The van der Waals surface area contributed by atoms with Gasteiger partial charge in [-0.05, 0) is 30.3 Å². The van der Waals surface area contributed by atoms with Crippen LogP contribution in [0, 0.1) is 0 Å². The number of para-hydroxylation sites is 2. The van der Waals surface area contributed by atoms with Crippen molar-refractivity contribution in [2.24, 2.45) is 7.05 Å². The van der Waals surface area contributed by atoms with Crippen LogP contribution >= 0.6 is 0 Å². The lowest BCUT2D eigenvalue weighted by Gasteiger charge is -2.11. The van der Waals surface area contributed by atoms with Gasteiger partial charge < -0.3 is 8.97 Å². The van der Waals surface area contributed by atoms with Crippen LogP contribution in [0.5, 0.6) is 0 Å². The fraction of sp³-hybridized carbons (Fsp3) is 0.0435. The van der Waals surface area contributed by atoms with E-state index in [4.69, 9.17) is 0 Å². The third-order valence-electron chi connectivity index (χ3n) is 5.47. The zero-order valence-corrected chi connectivity index (χ0v) is 13.9. The lowest BCUT2D eigenvalue weighted by molar-refractivity contribution is 0.969.